The molecule has 58 valence electrons. The first-order chi connectivity index (χ1) is 4.85. The average Bonchev–Trinajstić information content (AvgIpc) is 1.98. The number of carbonyl (C=O) groups excluding carboxylic acids is 1. The van der Waals surface area contributed by atoms with Gasteiger partial charge >= 0.3 is 0 Å². The quantitative estimate of drug-likeness (QED) is 0.424. The summed E-state index contributed by atoms with van der Waals surface area (Å²) in [4.78, 5) is 10.0. The van der Waals surface area contributed by atoms with E-state index in [0.717, 1.165) is 25.5 Å². The van der Waals surface area contributed by atoms with Crippen LogP contribution in [-0.2, 0) is 4.79 Å². The van der Waals surface area contributed by atoms with E-state index in [0.29, 0.717) is 6.42 Å². The molecule has 0 rings (SSSR count). The summed E-state index contributed by atoms with van der Waals surface area (Å²) in [5.41, 5.74) is 1.41. The highest BCUT2D eigenvalue weighted by atomic mass is 16.1. The van der Waals surface area contributed by atoms with Gasteiger partial charge in [-0.1, -0.05) is 25.5 Å². The zero-order valence-electron chi connectivity index (χ0n) is 6.89. The Morgan fingerprint density at radius 2 is 2.10 bits per heavy atom. The van der Waals surface area contributed by atoms with Crippen LogP contribution in [0.15, 0.2) is 11.6 Å². The summed E-state index contributed by atoms with van der Waals surface area (Å²) < 4.78 is 0. The Hall–Kier alpha value is -0.590. The number of rotatable bonds is 5. The molecular formula is C9H16O. The van der Waals surface area contributed by atoms with Crippen molar-refractivity contribution in [2.75, 3.05) is 0 Å². The maximum absolute atomic E-state index is 10.0. The summed E-state index contributed by atoms with van der Waals surface area (Å²) in [6.45, 7) is 4.25. The minimum absolute atomic E-state index is 0.680. The van der Waals surface area contributed by atoms with Crippen LogP contribution in [0.1, 0.15) is 39.5 Å². The van der Waals surface area contributed by atoms with E-state index in [1.165, 1.54) is 5.57 Å². The second-order valence-electron chi connectivity index (χ2n) is 2.33. The van der Waals surface area contributed by atoms with Gasteiger partial charge in [-0.2, -0.15) is 0 Å². The van der Waals surface area contributed by atoms with Gasteiger partial charge in [0.1, 0.15) is 6.29 Å². The van der Waals surface area contributed by atoms with Crippen molar-refractivity contribution in [3.8, 4) is 0 Å². The van der Waals surface area contributed by atoms with Gasteiger partial charge in [0.2, 0.25) is 0 Å². The predicted octanol–water partition coefficient (Wildman–Crippen LogP) is 2.71. The van der Waals surface area contributed by atoms with E-state index < -0.39 is 0 Å². The third-order valence-electron chi connectivity index (χ3n) is 1.53. The minimum atomic E-state index is 0.680. The first kappa shape index (κ1) is 9.41. The van der Waals surface area contributed by atoms with Gasteiger partial charge in [0, 0.05) is 6.42 Å². The molecule has 0 aliphatic rings. The molecule has 0 spiro atoms. The van der Waals surface area contributed by atoms with Crippen LogP contribution < -0.4 is 0 Å². The Morgan fingerprint density at radius 1 is 1.40 bits per heavy atom. The number of carbonyl (C=O) groups is 1. The van der Waals surface area contributed by atoms with Crippen molar-refractivity contribution in [2.45, 2.75) is 39.5 Å². The van der Waals surface area contributed by atoms with E-state index in [1.54, 1.807) is 0 Å². The number of aldehydes is 1. The van der Waals surface area contributed by atoms with Gasteiger partial charge in [-0.3, -0.25) is 0 Å². The normalized spacial score (nSPS) is 11.6. The average molecular weight is 140 g/mol. The number of hydrogen-bond donors (Lipinski definition) is 0. The topological polar surface area (TPSA) is 17.1 Å². The zero-order chi connectivity index (χ0) is 7.82. The smallest absolute Gasteiger partial charge is 0.120 e. The van der Waals surface area contributed by atoms with Crippen LogP contribution in [0.25, 0.3) is 0 Å². The molecular weight excluding hydrogens is 124 g/mol. The van der Waals surface area contributed by atoms with E-state index in [9.17, 15) is 4.79 Å². The zero-order valence-corrected chi connectivity index (χ0v) is 6.89. The fraction of sp³-hybridized carbons (Fsp3) is 0.667. The highest BCUT2D eigenvalue weighted by Crippen LogP contribution is 2.08. The van der Waals surface area contributed by atoms with Crippen molar-refractivity contribution in [2.24, 2.45) is 0 Å². The van der Waals surface area contributed by atoms with Crippen LogP contribution in [0.3, 0.4) is 0 Å². The summed E-state index contributed by atoms with van der Waals surface area (Å²) in [5, 5.41) is 0. The van der Waals surface area contributed by atoms with E-state index in [-0.39, 0.29) is 0 Å². The van der Waals surface area contributed by atoms with E-state index in [4.69, 9.17) is 0 Å². The van der Waals surface area contributed by atoms with Crippen molar-refractivity contribution in [3.05, 3.63) is 11.6 Å². The first-order valence-electron chi connectivity index (χ1n) is 3.96. The molecule has 0 aromatic heterocycles. The Bertz CT molecular complexity index is 114. The molecule has 0 radical (unpaired) electrons. The SMILES string of the molecule is CC/C=C(\CC)CCC=O. The molecule has 0 saturated carbocycles. The van der Waals surface area contributed by atoms with Crippen LogP contribution in [0.5, 0.6) is 0 Å². The highest BCUT2D eigenvalue weighted by Gasteiger charge is 1.91. The molecule has 0 atom stereocenters. The molecule has 10 heavy (non-hydrogen) atoms. The van der Waals surface area contributed by atoms with Crippen molar-refractivity contribution in [3.63, 3.8) is 0 Å². The van der Waals surface area contributed by atoms with Crippen LogP contribution in [-0.4, -0.2) is 6.29 Å². The van der Waals surface area contributed by atoms with Crippen molar-refractivity contribution < 1.29 is 4.79 Å². The lowest BCUT2D eigenvalue weighted by Gasteiger charge is -1.98. The Morgan fingerprint density at radius 3 is 2.50 bits per heavy atom. The third kappa shape index (κ3) is 4.30. The van der Waals surface area contributed by atoms with E-state index >= 15 is 0 Å². The van der Waals surface area contributed by atoms with Gasteiger partial charge < -0.3 is 4.79 Å². The van der Waals surface area contributed by atoms with E-state index in [1.807, 2.05) is 0 Å². The molecule has 0 N–H and O–H groups in total. The van der Waals surface area contributed by atoms with Crippen LogP contribution in [0.4, 0.5) is 0 Å². The molecule has 0 saturated heterocycles. The van der Waals surface area contributed by atoms with Gasteiger partial charge in [0.25, 0.3) is 0 Å². The van der Waals surface area contributed by atoms with Gasteiger partial charge in [-0.05, 0) is 19.3 Å². The maximum Gasteiger partial charge on any atom is 0.120 e. The largest absolute Gasteiger partial charge is 0.303 e. The van der Waals surface area contributed by atoms with Crippen LogP contribution in [0, 0.1) is 0 Å². The third-order valence-corrected chi connectivity index (χ3v) is 1.53. The van der Waals surface area contributed by atoms with Crippen molar-refractivity contribution in [1.29, 1.82) is 0 Å². The van der Waals surface area contributed by atoms with Crippen LogP contribution >= 0.6 is 0 Å². The molecule has 0 bridgehead atoms. The summed E-state index contributed by atoms with van der Waals surface area (Å²) in [7, 11) is 0. The molecule has 0 aliphatic carbocycles. The summed E-state index contributed by atoms with van der Waals surface area (Å²) >= 11 is 0. The second-order valence-corrected chi connectivity index (χ2v) is 2.33. The molecule has 0 amide bonds. The van der Waals surface area contributed by atoms with Crippen LogP contribution in [0.2, 0.25) is 0 Å². The lowest BCUT2D eigenvalue weighted by molar-refractivity contribution is -0.107. The molecule has 0 unspecified atom stereocenters. The van der Waals surface area contributed by atoms with Gasteiger partial charge in [-0.25, -0.2) is 0 Å². The Kier molecular flexibility index (Phi) is 6.14. The fourth-order valence-corrected chi connectivity index (χ4v) is 0.956. The first-order valence-corrected chi connectivity index (χ1v) is 3.96. The molecule has 1 heteroatoms. The van der Waals surface area contributed by atoms with Crippen molar-refractivity contribution >= 4 is 6.29 Å². The Labute approximate surface area is 63.1 Å². The maximum atomic E-state index is 10.0. The molecule has 0 heterocycles. The van der Waals surface area contributed by atoms with Gasteiger partial charge in [0.05, 0.1) is 0 Å². The standard InChI is InChI=1S/C9H16O/c1-3-6-9(4-2)7-5-8-10/h6,8H,3-5,7H2,1-2H3/b9-6+. The minimum Gasteiger partial charge on any atom is -0.303 e. The second kappa shape index (κ2) is 6.53. The Balaban J connectivity index is 3.59. The van der Waals surface area contributed by atoms with Gasteiger partial charge in [-0.15, -0.1) is 0 Å². The van der Waals surface area contributed by atoms with Crippen molar-refractivity contribution in [1.82, 2.24) is 0 Å². The highest BCUT2D eigenvalue weighted by molar-refractivity contribution is 5.49. The fourth-order valence-electron chi connectivity index (χ4n) is 0.956. The van der Waals surface area contributed by atoms with E-state index in [2.05, 4.69) is 19.9 Å². The summed E-state index contributed by atoms with van der Waals surface area (Å²) in [6.07, 6.45) is 7.00. The number of hydrogen-bond acceptors (Lipinski definition) is 1. The lowest BCUT2D eigenvalue weighted by atomic mass is 10.1. The predicted molar refractivity (Wildman–Crippen MR) is 44.0 cm³/mol. The monoisotopic (exact) mass is 140 g/mol. The number of allylic oxidation sites excluding steroid dienone is 2. The lowest BCUT2D eigenvalue weighted by Crippen LogP contribution is -1.82. The summed E-state index contributed by atoms with van der Waals surface area (Å²) in [5.74, 6) is 0. The molecule has 0 aromatic carbocycles. The summed E-state index contributed by atoms with van der Waals surface area (Å²) in [6, 6.07) is 0. The molecule has 0 aromatic rings. The molecule has 0 fully saturated rings. The molecule has 0 aliphatic heterocycles. The van der Waals surface area contributed by atoms with Gasteiger partial charge in [0.15, 0.2) is 0 Å². The molecule has 1 nitrogen and oxygen atoms in total.